The van der Waals surface area contributed by atoms with Crippen LogP contribution < -0.4 is 4.74 Å². The van der Waals surface area contributed by atoms with Gasteiger partial charge in [-0.15, -0.1) is 0 Å². The highest BCUT2D eigenvalue weighted by Gasteiger charge is 2.12. The molecule has 0 saturated carbocycles. The lowest BCUT2D eigenvalue weighted by molar-refractivity contribution is 0.0694. The molecule has 2 heterocycles. The Bertz CT molecular complexity index is 536. The highest BCUT2D eigenvalue weighted by atomic mass is 16.5. The van der Waals surface area contributed by atoms with Crippen molar-refractivity contribution < 1.29 is 14.6 Å². The Labute approximate surface area is 97.5 Å². The van der Waals surface area contributed by atoms with Crippen LogP contribution in [0.25, 0.3) is 0 Å². The number of carboxylic acids is 1. The van der Waals surface area contributed by atoms with Gasteiger partial charge in [0.05, 0.1) is 18.6 Å². The zero-order valence-corrected chi connectivity index (χ0v) is 9.20. The molecule has 0 aromatic carbocycles. The second-order valence-corrected chi connectivity index (χ2v) is 3.31. The van der Waals surface area contributed by atoms with Crippen molar-refractivity contribution in [3.63, 3.8) is 0 Å². The molecular formula is C11H11N3O3. The maximum atomic E-state index is 10.9. The van der Waals surface area contributed by atoms with Crippen LogP contribution in [0.1, 0.15) is 17.3 Å². The van der Waals surface area contributed by atoms with Crippen molar-refractivity contribution in [2.24, 2.45) is 0 Å². The van der Waals surface area contributed by atoms with Crippen LogP contribution in [-0.4, -0.2) is 25.8 Å². The molecule has 0 fully saturated rings. The second-order valence-electron chi connectivity index (χ2n) is 3.31. The fourth-order valence-corrected chi connectivity index (χ4v) is 1.34. The summed E-state index contributed by atoms with van der Waals surface area (Å²) in [6, 6.07) is 1.39. The Morgan fingerprint density at radius 3 is 3.00 bits per heavy atom. The van der Waals surface area contributed by atoms with Gasteiger partial charge >= 0.3 is 5.97 Å². The Morgan fingerprint density at radius 2 is 2.35 bits per heavy atom. The first-order valence-electron chi connectivity index (χ1n) is 5.08. The van der Waals surface area contributed by atoms with Gasteiger partial charge in [0.2, 0.25) is 0 Å². The number of aromatic nitrogens is 3. The van der Waals surface area contributed by atoms with E-state index in [4.69, 9.17) is 9.84 Å². The molecule has 0 radical (unpaired) electrons. The second kappa shape index (κ2) is 4.65. The summed E-state index contributed by atoms with van der Waals surface area (Å²) in [5.74, 6) is -0.358. The van der Waals surface area contributed by atoms with Gasteiger partial charge in [-0.1, -0.05) is 0 Å². The van der Waals surface area contributed by atoms with Gasteiger partial charge in [-0.2, -0.15) is 5.10 Å². The van der Waals surface area contributed by atoms with E-state index in [1.807, 2.05) is 6.92 Å². The van der Waals surface area contributed by atoms with Crippen LogP contribution in [-0.2, 0) is 6.54 Å². The van der Waals surface area contributed by atoms with Gasteiger partial charge in [0, 0.05) is 12.7 Å². The predicted octanol–water partition coefficient (Wildman–Crippen LogP) is 1.79. The Kier molecular flexibility index (Phi) is 3.04. The Balaban J connectivity index is 2.26. The highest BCUT2D eigenvalue weighted by Crippen LogP contribution is 2.23. The molecule has 0 atom stereocenters. The molecule has 2 aromatic heterocycles. The number of carbonyl (C=O) groups is 1. The van der Waals surface area contributed by atoms with Crippen LogP contribution in [0.5, 0.6) is 11.5 Å². The Morgan fingerprint density at radius 1 is 1.53 bits per heavy atom. The molecule has 0 aliphatic carbocycles. The van der Waals surface area contributed by atoms with Crippen LogP contribution in [0.4, 0.5) is 0 Å². The Hall–Kier alpha value is -2.37. The molecule has 0 aliphatic rings. The lowest BCUT2D eigenvalue weighted by Crippen LogP contribution is -2.00. The number of aryl methyl sites for hydroxylation is 1. The van der Waals surface area contributed by atoms with Gasteiger partial charge in [0.25, 0.3) is 0 Å². The third-order valence-corrected chi connectivity index (χ3v) is 2.18. The molecule has 0 spiro atoms. The number of pyridine rings is 1. The van der Waals surface area contributed by atoms with Gasteiger partial charge < -0.3 is 9.84 Å². The maximum absolute atomic E-state index is 10.9. The summed E-state index contributed by atoms with van der Waals surface area (Å²) in [5, 5.41) is 13.0. The van der Waals surface area contributed by atoms with Crippen molar-refractivity contribution in [1.29, 1.82) is 0 Å². The first kappa shape index (κ1) is 11.1. The highest BCUT2D eigenvalue weighted by molar-refractivity contribution is 5.90. The van der Waals surface area contributed by atoms with Gasteiger partial charge in [-0.25, -0.2) is 4.79 Å². The number of carboxylic acid groups (broad SMARTS) is 1. The minimum atomic E-state index is -1.05. The van der Waals surface area contributed by atoms with E-state index in [0.717, 1.165) is 6.54 Å². The quantitative estimate of drug-likeness (QED) is 0.871. The van der Waals surface area contributed by atoms with E-state index in [0.29, 0.717) is 5.75 Å². The minimum absolute atomic E-state index is 0.0734. The van der Waals surface area contributed by atoms with Gasteiger partial charge in [-0.05, 0) is 13.0 Å². The lowest BCUT2D eigenvalue weighted by atomic mass is 10.2. The summed E-state index contributed by atoms with van der Waals surface area (Å²) in [5.41, 5.74) is 0.0734. The smallest absolute Gasteiger partial charge is 0.339 e. The third-order valence-electron chi connectivity index (χ3n) is 2.18. The van der Waals surface area contributed by atoms with E-state index in [2.05, 4.69) is 10.1 Å². The van der Waals surface area contributed by atoms with Crippen molar-refractivity contribution in [1.82, 2.24) is 14.8 Å². The summed E-state index contributed by atoms with van der Waals surface area (Å²) in [7, 11) is 0. The number of aromatic carboxylic acids is 1. The van der Waals surface area contributed by atoms with Crippen molar-refractivity contribution in [3.05, 3.63) is 36.4 Å². The van der Waals surface area contributed by atoms with Crippen LogP contribution in [0.2, 0.25) is 0 Å². The molecule has 0 unspecified atom stereocenters. The molecule has 0 saturated heterocycles. The van der Waals surface area contributed by atoms with E-state index in [1.54, 1.807) is 10.9 Å². The summed E-state index contributed by atoms with van der Waals surface area (Å²) in [6.45, 7) is 2.67. The van der Waals surface area contributed by atoms with E-state index in [1.165, 1.54) is 24.7 Å². The van der Waals surface area contributed by atoms with Crippen LogP contribution in [0.15, 0.2) is 30.9 Å². The number of hydrogen-bond donors (Lipinski definition) is 1. The van der Waals surface area contributed by atoms with Gasteiger partial charge in [0.1, 0.15) is 5.56 Å². The van der Waals surface area contributed by atoms with E-state index in [-0.39, 0.29) is 11.3 Å². The average Bonchev–Trinajstić information content (AvgIpc) is 2.77. The van der Waals surface area contributed by atoms with Crippen molar-refractivity contribution >= 4 is 5.97 Å². The SMILES string of the molecule is CCn1cc(Oc2cnccc2C(=O)O)cn1. The number of nitrogens with zero attached hydrogens (tertiary/aromatic N) is 3. The van der Waals surface area contributed by atoms with Crippen molar-refractivity contribution in [2.45, 2.75) is 13.5 Å². The van der Waals surface area contributed by atoms with Crippen LogP contribution in [0, 0.1) is 0 Å². The fraction of sp³-hybridized carbons (Fsp3) is 0.182. The normalized spacial score (nSPS) is 10.2. The van der Waals surface area contributed by atoms with E-state index in [9.17, 15) is 4.79 Å². The molecule has 0 amide bonds. The summed E-state index contributed by atoms with van der Waals surface area (Å²) < 4.78 is 7.11. The summed E-state index contributed by atoms with van der Waals surface area (Å²) in [4.78, 5) is 14.8. The molecule has 1 N–H and O–H groups in total. The topological polar surface area (TPSA) is 77.2 Å². The maximum Gasteiger partial charge on any atom is 0.339 e. The van der Waals surface area contributed by atoms with Crippen LogP contribution in [0.3, 0.4) is 0 Å². The monoisotopic (exact) mass is 233 g/mol. The van der Waals surface area contributed by atoms with E-state index < -0.39 is 5.97 Å². The first-order chi connectivity index (χ1) is 8.20. The molecule has 2 rings (SSSR count). The number of rotatable bonds is 4. The molecule has 6 heteroatoms. The molecule has 0 bridgehead atoms. The average molecular weight is 233 g/mol. The first-order valence-corrected chi connectivity index (χ1v) is 5.08. The predicted molar refractivity (Wildman–Crippen MR) is 59.2 cm³/mol. The molecule has 88 valence electrons. The number of ether oxygens (including phenoxy) is 1. The lowest BCUT2D eigenvalue weighted by Gasteiger charge is -2.04. The van der Waals surface area contributed by atoms with Gasteiger partial charge in [0.15, 0.2) is 11.5 Å². The van der Waals surface area contributed by atoms with E-state index >= 15 is 0 Å². The summed E-state index contributed by atoms with van der Waals surface area (Å²) in [6.07, 6.45) is 6.00. The molecule has 2 aromatic rings. The standard InChI is InChI=1S/C11H11N3O3/c1-2-14-7-8(5-13-14)17-10-6-12-4-3-9(10)11(15)16/h3-7H,2H2,1H3,(H,15,16). The largest absolute Gasteiger partial charge is 0.478 e. The van der Waals surface area contributed by atoms with Crippen molar-refractivity contribution in [3.8, 4) is 11.5 Å². The van der Waals surface area contributed by atoms with Crippen molar-refractivity contribution in [2.75, 3.05) is 0 Å². The zero-order valence-electron chi connectivity index (χ0n) is 9.20. The third kappa shape index (κ3) is 2.41. The minimum Gasteiger partial charge on any atom is -0.478 e. The molecule has 6 nitrogen and oxygen atoms in total. The molecule has 17 heavy (non-hydrogen) atoms. The summed E-state index contributed by atoms with van der Waals surface area (Å²) >= 11 is 0. The van der Waals surface area contributed by atoms with Gasteiger partial charge in [-0.3, -0.25) is 9.67 Å². The number of hydrogen-bond acceptors (Lipinski definition) is 4. The molecular weight excluding hydrogens is 222 g/mol. The fourth-order valence-electron chi connectivity index (χ4n) is 1.34. The van der Waals surface area contributed by atoms with Crippen LogP contribution >= 0.6 is 0 Å². The zero-order chi connectivity index (χ0) is 12.3. The molecule has 0 aliphatic heterocycles.